The first-order valence-corrected chi connectivity index (χ1v) is 5.28. The van der Waals surface area contributed by atoms with Crippen molar-refractivity contribution in [1.82, 2.24) is 0 Å². The minimum Gasteiger partial charge on any atom is -0.493 e. The average molecular weight is 191 g/mol. The molecule has 0 heterocycles. The van der Waals surface area contributed by atoms with Crippen LogP contribution in [0, 0.1) is 6.92 Å². The summed E-state index contributed by atoms with van der Waals surface area (Å²) in [6.07, 6.45) is 1.01. The van der Waals surface area contributed by atoms with Crippen molar-refractivity contribution in [2.75, 3.05) is 6.61 Å². The Hall–Kier alpha value is -0.980. The van der Waals surface area contributed by atoms with E-state index >= 15 is 0 Å². The smallest absolute Gasteiger partial charge is 0.125 e. The van der Waals surface area contributed by atoms with Crippen LogP contribution in [0.1, 0.15) is 37.8 Å². The Labute approximate surface area is 87.1 Å². The van der Waals surface area contributed by atoms with Gasteiger partial charge in [0, 0.05) is 0 Å². The minimum atomic E-state index is 0.281. The number of hydrogen-bond acceptors (Lipinski definition) is 1. The van der Waals surface area contributed by atoms with Gasteiger partial charge in [0.15, 0.2) is 0 Å². The van der Waals surface area contributed by atoms with Gasteiger partial charge in [0.2, 0.25) is 0 Å². The van der Waals surface area contributed by atoms with Crippen molar-refractivity contribution in [1.29, 1.82) is 0 Å². The molecule has 77 valence electrons. The van der Waals surface area contributed by atoms with E-state index in [0.717, 1.165) is 18.8 Å². The molecule has 1 heteroatoms. The highest BCUT2D eigenvalue weighted by atomic mass is 16.5. The number of hydrogen-bond donors (Lipinski definition) is 0. The van der Waals surface area contributed by atoms with E-state index in [4.69, 9.17) is 4.74 Å². The lowest BCUT2D eigenvalue weighted by Crippen LogP contribution is -2.01. The fraction of sp³-hybridized carbons (Fsp3) is 0.462. The van der Waals surface area contributed by atoms with Crippen LogP contribution in [-0.2, 0) is 6.42 Å². The fourth-order valence-corrected chi connectivity index (χ4v) is 1.59. The zero-order valence-corrected chi connectivity index (χ0v) is 9.34. The number of para-hydroxylation sites is 1. The molecule has 0 aromatic heterocycles. The highest BCUT2D eigenvalue weighted by Gasteiger charge is 2.10. The Balaban J connectivity index is 3.13. The van der Waals surface area contributed by atoms with Gasteiger partial charge < -0.3 is 4.74 Å². The first-order chi connectivity index (χ1) is 6.70. The summed E-state index contributed by atoms with van der Waals surface area (Å²) in [5, 5.41) is 0. The van der Waals surface area contributed by atoms with Gasteiger partial charge in [0.1, 0.15) is 5.75 Å². The lowest BCUT2D eigenvalue weighted by molar-refractivity contribution is 0.332. The zero-order valence-electron chi connectivity index (χ0n) is 9.34. The zero-order chi connectivity index (χ0) is 10.6. The van der Waals surface area contributed by atoms with Crippen LogP contribution in [0.5, 0.6) is 5.75 Å². The summed E-state index contributed by atoms with van der Waals surface area (Å²) in [4.78, 5) is 0. The predicted molar refractivity (Wildman–Crippen MR) is 60.8 cm³/mol. The lowest BCUT2D eigenvalue weighted by atomic mass is 9.98. The molecule has 0 saturated carbocycles. The van der Waals surface area contributed by atoms with Crippen molar-refractivity contribution in [3.8, 4) is 5.75 Å². The van der Waals surface area contributed by atoms with Crippen molar-refractivity contribution in [2.24, 2.45) is 0 Å². The first-order valence-electron chi connectivity index (χ1n) is 5.28. The molecule has 1 unspecified atom stereocenters. The van der Waals surface area contributed by atoms with Crippen LogP contribution in [-0.4, -0.2) is 6.61 Å². The predicted octanol–water partition coefficient (Wildman–Crippen LogP) is 3.59. The normalized spacial score (nSPS) is 10.6. The summed E-state index contributed by atoms with van der Waals surface area (Å²) in [7, 11) is 0. The third-order valence-electron chi connectivity index (χ3n) is 2.33. The van der Waals surface area contributed by atoms with Crippen molar-refractivity contribution in [3.63, 3.8) is 0 Å². The Bertz CT molecular complexity index is 289. The quantitative estimate of drug-likeness (QED) is 0.706. The Morgan fingerprint density at radius 2 is 2.07 bits per heavy atom. The second kappa shape index (κ2) is 5.04. The van der Waals surface area contributed by atoms with Gasteiger partial charge in [0.05, 0.1) is 6.61 Å². The lowest BCUT2D eigenvalue weighted by Gasteiger charge is -2.16. The van der Waals surface area contributed by atoms with E-state index < -0.39 is 0 Å². The number of aryl methyl sites for hydroxylation is 1. The van der Waals surface area contributed by atoms with Crippen LogP contribution in [0.2, 0.25) is 0 Å². The highest BCUT2D eigenvalue weighted by molar-refractivity contribution is 5.43. The van der Waals surface area contributed by atoms with Gasteiger partial charge in [-0.1, -0.05) is 32.0 Å². The standard InChI is InChI=1S/C13H19O/c1-5-11-8-7-9-12(10(3)4)13(11)14-6-2/h7-10H,3,5-6H2,1-2,4H3. The molecule has 1 aromatic carbocycles. The van der Waals surface area contributed by atoms with Crippen LogP contribution in [0.3, 0.4) is 0 Å². The summed E-state index contributed by atoms with van der Waals surface area (Å²) >= 11 is 0. The van der Waals surface area contributed by atoms with Crippen molar-refractivity contribution < 1.29 is 4.74 Å². The molecule has 0 spiro atoms. The van der Waals surface area contributed by atoms with Crippen LogP contribution in [0.25, 0.3) is 0 Å². The molecule has 14 heavy (non-hydrogen) atoms. The van der Waals surface area contributed by atoms with Gasteiger partial charge in [0.25, 0.3) is 0 Å². The molecular formula is C13H19O. The molecule has 0 bridgehead atoms. The van der Waals surface area contributed by atoms with Gasteiger partial charge in [-0.2, -0.15) is 0 Å². The molecule has 0 N–H and O–H groups in total. The second-order valence-electron chi connectivity index (χ2n) is 3.52. The first kappa shape index (κ1) is 11.1. The molecule has 1 radical (unpaired) electrons. The van der Waals surface area contributed by atoms with Gasteiger partial charge >= 0.3 is 0 Å². The van der Waals surface area contributed by atoms with Crippen molar-refractivity contribution in [3.05, 3.63) is 36.2 Å². The molecule has 0 amide bonds. The Morgan fingerprint density at radius 3 is 2.57 bits per heavy atom. The van der Waals surface area contributed by atoms with Crippen molar-refractivity contribution >= 4 is 0 Å². The molecular weight excluding hydrogens is 172 g/mol. The van der Waals surface area contributed by atoms with Gasteiger partial charge in [-0.3, -0.25) is 0 Å². The van der Waals surface area contributed by atoms with Crippen LogP contribution < -0.4 is 4.74 Å². The van der Waals surface area contributed by atoms with E-state index in [1.165, 1.54) is 11.1 Å². The molecule has 0 aliphatic heterocycles. The molecule has 0 aliphatic rings. The van der Waals surface area contributed by atoms with Gasteiger partial charge in [-0.05, 0) is 37.3 Å². The molecule has 1 nitrogen and oxygen atoms in total. The van der Waals surface area contributed by atoms with E-state index in [1.807, 2.05) is 6.92 Å². The molecule has 0 aliphatic carbocycles. The summed E-state index contributed by atoms with van der Waals surface area (Å²) in [5.41, 5.74) is 2.49. The molecule has 1 aromatic rings. The molecule has 0 saturated heterocycles. The van der Waals surface area contributed by atoms with Gasteiger partial charge in [-0.25, -0.2) is 0 Å². The van der Waals surface area contributed by atoms with Crippen LogP contribution in [0.4, 0.5) is 0 Å². The summed E-state index contributed by atoms with van der Waals surface area (Å²) in [6, 6.07) is 6.30. The maximum Gasteiger partial charge on any atom is 0.125 e. The summed E-state index contributed by atoms with van der Waals surface area (Å²) in [5.74, 6) is 1.32. The van der Waals surface area contributed by atoms with Gasteiger partial charge in [-0.15, -0.1) is 0 Å². The molecule has 1 atom stereocenters. The average Bonchev–Trinajstić information content (AvgIpc) is 2.18. The number of ether oxygens (including phenoxy) is 1. The third-order valence-corrected chi connectivity index (χ3v) is 2.33. The van der Waals surface area contributed by atoms with E-state index in [2.05, 4.69) is 39.0 Å². The number of benzene rings is 1. The largest absolute Gasteiger partial charge is 0.493 e. The minimum absolute atomic E-state index is 0.281. The maximum absolute atomic E-state index is 5.68. The van der Waals surface area contributed by atoms with E-state index in [1.54, 1.807) is 0 Å². The van der Waals surface area contributed by atoms with E-state index in [9.17, 15) is 0 Å². The molecule has 0 fully saturated rings. The summed E-state index contributed by atoms with van der Waals surface area (Å²) < 4.78 is 5.68. The Morgan fingerprint density at radius 1 is 1.36 bits per heavy atom. The third kappa shape index (κ3) is 2.28. The fourth-order valence-electron chi connectivity index (χ4n) is 1.59. The number of rotatable bonds is 4. The van der Waals surface area contributed by atoms with Crippen LogP contribution >= 0.6 is 0 Å². The second-order valence-corrected chi connectivity index (χ2v) is 3.52. The SMILES string of the molecule is [CH2]C(C)c1cccc(CC)c1OCC. The topological polar surface area (TPSA) is 9.23 Å². The van der Waals surface area contributed by atoms with Crippen LogP contribution in [0.15, 0.2) is 18.2 Å². The van der Waals surface area contributed by atoms with E-state index in [-0.39, 0.29) is 5.92 Å². The van der Waals surface area contributed by atoms with Crippen molar-refractivity contribution in [2.45, 2.75) is 33.1 Å². The highest BCUT2D eigenvalue weighted by Crippen LogP contribution is 2.30. The Kier molecular flexibility index (Phi) is 3.99. The molecule has 1 rings (SSSR count). The summed E-state index contributed by atoms with van der Waals surface area (Å²) in [6.45, 7) is 11.0. The monoisotopic (exact) mass is 191 g/mol. The maximum atomic E-state index is 5.68. The van der Waals surface area contributed by atoms with E-state index in [0.29, 0.717) is 0 Å².